The van der Waals surface area contributed by atoms with Gasteiger partial charge in [-0.25, -0.2) is 9.78 Å². The van der Waals surface area contributed by atoms with Crippen LogP contribution in [0.25, 0.3) is 28.9 Å². The summed E-state index contributed by atoms with van der Waals surface area (Å²) in [6.45, 7) is 10.1. The number of carbonyl (C=O) groups is 1. The summed E-state index contributed by atoms with van der Waals surface area (Å²) in [6.07, 6.45) is 6.62. The molecule has 1 unspecified atom stereocenters. The highest BCUT2D eigenvalue weighted by Gasteiger charge is 2.24. The van der Waals surface area contributed by atoms with Gasteiger partial charge in [-0.15, -0.1) is 11.3 Å². The Morgan fingerprint density at radius 3 is 2.85 bits per heavy atom. The summed E-state index contributed by atoms with van der Waals surface area (Å²) in [4.78, 5) is 39.1. The summed E-state index contributed by atoms with van der Waals surface area (Å²) >= 11 is 1.42. The normalized spacial score (nSPS) is 17.5. The molecule has 2 aliphatic rings. The van der Waals surface area contributed by atoms with Crippen LogP contribution in [-0.2, 0) is 4.74 Å². The number of ether oxygens (including phenoxy) is 1. The number of hydrogen-bond acceptors (Lipinski definition) is 8. The first-order valence-electron chi connectivity index (χ1n) is 13.3. The molecule has 1 saturated carbocycles. The van der Waals surface area contributed by atoms with Crippen molar-refractivity contribution in [2.24, 2.45) is 0 Å². The van der Waals surface area contributed by atoms with Crippen molar-refractivity contribution in [2.75, 3.05) is 38.2 Å². The standard InChI is InChI=1S/C27H32N8O3S/c1-3-18(15-34-8-10-38-11-9-34)31-26(36)23-7-6-22(39-23)21-13-24(30-19-4-5-19)35-25(32-21)17(14-28-35)12-20-16(2)29-27(37)33-20/h6-7,12-14,18-19,30H,2-5,8-11,15H2,1H3,(H,31,36)(H2,29,33,37)/b20-12-. The third-order valence-electron chi connectivity index (χ3n) is 7.06. The summed E-state index contributed by atoms with van der Waals surface area (Å²) in [6, 6.07) is 6.27. The summed E-state index contributed by atoms with van der Waals surface area (Å²) in [7, 11) is 0. The number of aromatic amines is 2. The van der Waals surface area contributed by atoms with Crippen molar-refractivity contribution in [2.45, 2.75) is 38.3 Å². The summed E-state index contributed by atoms with van der Waals surface area (Å²) < 4.78 is 7.22. The Kier molecular flexibility index (Phi) is 7.07. The van der Waals surface area contributed by atoms with Crippen molar-refractivity contribution in [3.63, 3.8) is 0 Å². The zero-order valence-electron chi connectivity index (χ0n) is 21.8. The minimum Gasteiger partial charge on any atom is -0.379 e. The molecule has 4 aromatic rings. The van der Waals surface area contributed by atoms with Gasteiger partial charge in [0.1, 0.15) is 5.82 Å². The van der Waals surface area contributed by atoms with E-state index >= 15 is 0 Å². The lowest BCUT2D eigenvalue weighted by Crippen LogP contribution is -2.46. The molecule has 204 valence electrons. The second kappa shape index (κ2) is 10.8. The van der Waals surface area contributed by atoms with Gasteiger partial charge < -0.3 is 25.3 Å². The number of thiophene rings is 1. The maximum Gasteiger partial charge on any atom is 0.323 e. The van der Waals surface area contributed by atoms with E-state index in [2.05, 4.69) is 44.1 Å². The minimum atomic E-state index is -0.313. The number of carbonyl (C=O) groups excluding carboxylic acids is 1. The number of hydrogen-bond donors (Lipinski definition) is 4. The Balaban J connectivity index is 1.29. The van der Waals surface area contributed by atoms with Gasteiger partial charge in [-0.1, -0.05) is 13.5 Å². The Labute approximate surface area is 228 Å². The SMILES string of the molecule is C=c1[nH]c(=O)[nH]/c1=C\c1cnn2c(NC3CC3)cc(-c3ccc(C(=O)NC(CC)CN4CCOCC4)s3)nc12. The number of nitrogens with one attached hydrogen (secondary N) is 4. The molecule has 1 aliphatic carbocycles. The number of nitrogens with zero attached hydrogens (tertiary/aromatic N) is 4. The van der Waals surface area contributed by atoms with Crippen LogP contribution in [-0.4, -0.2) is 80.3 Å². The van der Waals surface area contributed by atoms with Gasteiger partial charge in [-0.3, -0.25) is 9.69 Å². The van der Waals surface area contributed by atoms with E-state index in [9.17, 15) is 9.59 Å². The molecule has 1 atom stereocenters. The molecule has 12 heteroatoms. The minimum absolute atomic E-state index is 0.0680. The maximum atomic E-state index is 13.1. The van der Waals surface area contributed by atoms with Gasteiger partial charge in [0, 0.05) is 43.3 Å². The molecule has 6 rings (SSSR count). The topological polar surface area (TPSA) is 132 Å². The van der Waals surface area contributed by atoms with E-state index in [1.165, 1.54) is 11.3 Å². The monoisotopic (exact) mass is 548 g/mol. The lowest BCUT2D eigenvalue weighted by molar-refractivity contribution is 0.0331. The Morgan fingerprint density at radius 1 is 1.31 bits per heavy atom. The van der Waals surface area contributed by atoms with E-state index in [1.54, 1.807) is 10.7 Å². The average molecular weight is 549 g/mol. The first kappa shape index (κ1) is 25.5. The largest absolute Gasteiger partial charge is 0.379 e. The number of fused-ring (bicyclic) bond motifs is 1. The lowest BCUT2D eigenvalue weighted by Gasteiger charge is -2.30. The molecule has 11 nitrogen and oxygen atoms in total. The number of aromatic nitrogens is 5. The van der Waals surface area contributed by atoms with Crippen LogP contribution in [0.1, 0.15) is 41.4 Å². The number of morpholine rings is 1. The molecule has 1 saturated heterocycles. The fourth-order valence-electron chi connectivity index (χ4n) is 4.69. The number of H-pyrrole nitrogens is 2. The zero-order valence-corrected chi connectivity index (χ0v) is 22.6. The van der Waals surface area contributed by atoms with Crippen molar-refractivity contribution in [1.82, 2.24) is 34.8 Å². The van der Waals surface area contributed by atoms with Crippen molar-refractivity contribution >= 4 is 41.4 Å². The van der Waals surface area contributed by atoms with Crippen LogP contribution in [0.15, 0.2) is 29.2 Å². The highest BCUT2D eigenvalue weighted by molar-refractivity contribution is 7.17. The maximum absolute atomic E-state index is 13.1. The number of anilines is 1. The van der Waals surface area contributed by atoms with Crippen LogP contribution in [0, 0.1) is 0 Å². The van der Waals surface area contributed by atoms with Crippen molar-refractivity contribution in [3.8, 4) is 10.6 Å². The molecule has 0 spiro atoms. The smallest absolute Gasteiger partial charge is 0.323 e. The fourth-order valence-corrected chi connectivity index (χ4v) is 5.56. The van der Waals surface area contributed by atoms with Gasteiger partial charge in [0.2, 0.25) is 0 Å². The molecule has 4 aromatic heterocycles. The molecular formula is C27H32N8O3S. The summed E-state index contributed by atoms with van der Waals surface area (Å²) in [5.41, 5.74) is 1.84. The number of amides is 1. The first-order chi connectivity index (χ1) is 19.0. The number of imidazole rings is 1. The highest BCUT2D eigenvalue weighted by atomic mass is 32.1. The second-order valence-corrected chi connectivity index (χ2v) is 11.1. The van der Waals surface area contributed by atoms with Crippen LogP contribution in [0.5, 0.6) is 0 Å². The predicted octanol–water partition coefficient (Wildman–Crippen LogP) is 1.13. The molecule has 2 fully saturated rings. The van der Waals surface area contributed by atoms with E-state index in [1.807, 2.05) is 24.3 Å². The highest BCUT2D eigenvalue weighted by Crippen LogP contribution is 2.32. The number of rotatable bonds is 9. The molecule has 1 aliphatic heterocycles. The van der Waals surface area contributed by atoms with Gasteiger partial charge in [0.05, 0.1) is 45.6 Å². The quantitative estimate of drug-likeness (QED) is 0.247. The molecule has 39 heavy (non-hydrogen) atoms. The van der Waals surface area contributed by atoms with E-state index in [0.29, 0.717) is 27.3 Å². The van der Waals surface area contributed by atoms with Crippen LogP contribution in [0.3, 0.4) is 0 Å². The van der Waals surface area contributed by atoms with Crippen molar-refractivity contribution in [3.05, 3.63) is 56.0 Å². The van der Waals surface area contributed by atoms with Crippen molar-refractivity contribution < 1.29 is 9.53 Å². The fraction of sp³-hybridized carbons (Fsp3) is 0.407. The third-order valence-corrected chi connectivity index (χ3v) is 8.17. The summed E-state index contributed by atoms with van der Waals surface area (Å²) in [5.74, 6) is 0.770. The molecule has 0 aromatic carbocycles. The van der Waals surface area contributed by atoms with Gasteiger partial charge >= 0.3 is 5.69 Å². The molecule has 1 amide bonds. The predicted molar refractivity (Wildman–Crippen MR) is 152 cm³/mol. The lowest BCUT2D eigenvalue weighted by atomic mass is 10.2. The molecular weight excluding hydrogens is 516 g/mol. The molecule has 0 bridgehead atoms. The third kappa shape index (κ3) is 5.68. The summed E-state index contributed by atoms with van der Waals surface area (Å²) in [5, 5.41) is 12.4. The van der Waals surface area contributed by atoms with Crippen LogP contribution < -0.4 is 27.0 Å². The Hall–Kier alpha value is -3.74. The van der Waals surface area contributed by atoms with E-state index in [0.717, 1.165) is 74.1 Å². The van der Waals surface area contributed by atoms with Crippen LogP contribution in [0.4, 0.5) is 5.82 Å². The average Bonchev–Trinajstić information content (AvgIpc) is 3.30. The van der Waals surface area contributed by atoms with Gasteiger partial charge in [-0.05, 0) is 37.5 Å². The van der Waals surface area contributed by atoms with E-state index in [4.69, 9.17) is 9.72 Å². The van der Waals surface area contributed by atoms with Crippen molar-refractivity contribution in [1.29, 1.82) is 0 Å². The molecule has 4 N–H and O–H groups in total. The molecule has 0 radical (unpaired) electrons. The van der Waals surface area contributed by atoms with Crippen LogP contribution in [0.2, 0.25) is 0 Å². The molecule has 5 heterocycles. The van der Waals surface area contributed by atoms with E-state index < -0.39 is 0 Å². The van der Waals surface area contributed by atoms with Gasteiger partial charge in [0.15, 0.2) is 5.65 Å². The second-order valence-electron chi connectivity index (χ2n) is 10.1. The first-order valence-corrected chi connectivity index (χ1v) is 14.1. The zero-order chi connectivity index (χ0) is 26.9. The Morgan fingerprint density at radius 2 is 2.13 bits per heavy atom. The van der Waals surface area contributed by atoms with Gasteiger partial charge in [-0.2, -0.15) is 9.61 Å². The van der Waals surface area contributed by atoms with Gasteiger partial charge in [0.25, 0.3) is 5.91 Å². The van der Waals surface area contributed by atoms with Crippen LogP contribution >= 0.6 is 11.3 Å². The Bertz CT molecular complexity index is 1660. The van der Waals surface area contributed by atoms with E-state index in [-0.39, 0.29) is 17.6 Å².